The number of aryl methyl sites for hydroxylation is 1. The second-order valence-electron chi connectivity index (χ2n) is 6.12. The molecule has 134 valence electrons. The summed E-state index contributed by atoms with van der Waals surface area (Å²) in [4.78, 5) is 39.6. The molecule has 0 aliphatic carbocycles. The molecule has 1 N–H and O–H groups in total. The molecule has 0 bridgehead atoms. The summed E-state index contributed by atoms with van der Waals surface area (Å²) in [7, 11) is 0. The number of piperazine rings is 1. The number of hydrogen-bond acceptors (Lipinski definition) is 3. The Balaban J connectivity index is 1.59. The molecule has 6 nitrogen and oxygen atoms in total. The van der Waals surface area contributed by atoms with E-state index in [-0.39, 0.29) is 12.5 Å². The van der Waals surface area contributed by atoms with E-state index in [1.165, 1.54) is 15.4 Å². The second-order valence-corrected chi connectivity index (χ2v) is 6.12. The number of para-hydroxylation sites is 1. The van der Waals surface area contributed by atoms with E-state index < -0.39 is 11.8 Å². The van der Waals surface area contributed by atoms with Gasteiger partial charge in [0.05, 0.1) is 0 Å². The van der Waals surface area contributed by atoms with Crippen LogP contribution in [-0.2, 0) is 20.8 Å². The van der Waals surface area contributed by atoms with E-state index in [4.69, 9.17) is 0 Å². The van der Waals surface area contributed by atoms with Crippen LogP contribution in [0.15, 0.2) is 54.6 Å². The highest BCUT2D eigenvalue weighted by Gasteiger charge is 2.34. The Morgan fingerprint density at radius 2 is 1.65 bits per heavy atom. The van der Waals surface area contributed by atoms with Crippen LogP contribution >= 0.6 is 0 Å². The fraction of sp³-hybridized carbons (Fsp3) is 0.250. The maximum atomic E-state index is 12.3. The van der Waals surface area contributed by atoms with Gasteiger partial charge in [-0.15, -0.1) is 0 Å². The summed E-state index contributed by atoms with van der Waals surface area (Å²) in [5, 5.41) is 2.76. The average molecular weight is 351 g/mol. The number of amides is 3. The van der Waals surface area contributed by atoms with Gasteiger partial charge in [-0.2, -0.15) is 0 Å². The van der Waals surface area contributed by atoms with E-state index in [0.717, 1.165) is 6.42 Å². The van der Waals surface area contributed by atoms with Crippen molar-refractivity contribution in [3.8, 4) is 0 Å². The van der Waals surface area contributed by atoms with Crippen molar-refractivity contribution in [1.82, 2.24) is 4.90 Å². The van der Waals surface area contributed by atoms with Crippen LogP contribution in [0.1, 0.15) is 12.5 Å². The molecule has 0 radical (unpaired) electrons. The Bertz CT molecular complexity index is 803. The molecule has 0 spiro atoms. The summed E-state index contributed by atoms with van der Waals surface area (Å²) < 4.78 is 0. The van der Waals surface area contributed by atoms with Crippen LogP contribution in [0.4, 0.5) is 11.4 Å². The molecular formula is C20H21N3O3. The summed E-state index contributed by atoms with van der Waals surface area (Å²) in [6, 6.07) is 16.6. The highest BCUT2D eigenvalue weighted by molar-refractivity contribution is 6.41. The van der Waals surface area contributed by atoms with Crippen molar-refractivity contribution in [3.63, 3.8) is 0 Å². The molecule has 26 heavy (non-hydrogen) atoms. The molecule has 0 atom stereocenters. The van der Waals surface area contributed by atoms with E-state index in [2.05, 4.69) is 12.2 Å². The van der Waals surface area contributed by atoms with Crippen LogP contribution < -0.4 is 10.2 Å². The largest absolute Gasteiger partial charge is 0.325 e. The second kappa shape index (κ2) is 7.82. The lowest BCUT2D eigenvalue weighted by atomic mass is 10.1. The van der Waals surface area contributed by atoms with Gasteiger partial charge in [-0.3, -0.25) is 14.4 Å². The summed E-state index contributed by atoms with van der Waals surface area (Å²) in [5.41, 5.74) is 2.54. The lowest BCUT2D eigenvalue weighted by Crippen LogP contribution is -2.56. The molecule has 1 aliphatic heterocycles. The summed E-state index contributed by atoms with van der Waals surface area (Å²) in [6.07, 6.45) is 0.927. The van der Waals surface area contributed by atoms with Crippen LogP contribution in [0.2, 0.25) is 0 Å². The first-order chi connectivity index (χ1) is 12.6. The zero-order valence-corrected chi connectivity index (χ0v) is 14.6. The van der Waals surface area contributed by atoms with Gasteiger partial charge in [-0.1, -0.05) is 37.3 Å². The van der Waals surface area contributed by atoms with Gasteiger partial charge in [0.25, 0.3) is 0 Å². The highest BCUT2D eigenvalue weighted by atomic mass is 16.2. The van der Waals surface area contributed by atoms with Gasteiger partial charge in [-0.05, 0) is 36.2 Å². The summed E-state index contributed by atoms with van der Waals surface area (Å²) in [6.45, 7) is 2.61. The number of nitrogens with one attached hydrogen (secondary N) is 1. The van der Waals surface area contributed by atoms with E-state index in [0.29, 0.717) is 24.5 Å². The number of hydrogen-bond donors (Lipinski definition) is 1. The van der Waals surface area contributed by atoms with E-state index in [1.54, 1.807) is 12.1 Å². The highest BCUT2D eigenvalue weighted by Crippen LogP contribution is 2.17. The SMILES string of the molecule is CCc1ccc(NC(=O)CN2CCN(c3ccccc3)C(=O)C2=O)cc1. The van der Waals surface area contributed by atoms with E-state index >= 15 is 0 Å². The minimum absolute atomic E-state index is 0.136. The van der Waals surface area contributed by atoms with Crippen LogP contribution in [0.5, 0.6) is 0 Å². The Kier molecular flexibility index (Phi) is 5.31. The molecule has 1 fully saturated rings. The quantitative estimate of drug-likeness (QED) is 0.839. The van der Waals surface area contributed by atoms with Crippen LogP contribution in [0.3, 0.4) is 0 Å². The first kappa shape index (κ1) is 17.7. The average Bonchev–Trinajstić information content (AvgIpc) is 2.67. The minimum Gasteiger partial charge on any atom is -0.325 e. The molecule has 0 saturated carbocycles. The topological polar surface area (TPSA) is 69.7 Å². The maximum Gasteiger partial charge on any atom is 0.316 e. The molecule has 1 aliphatic rings. The molecule has 2 aromatic carbocycles. The first-order valence-electron chi connectivity index (χ1n) is 8.63. The molecular weight excluding hydrogens is 330 g/mol. The van der Waals surface area contributed by atoms with Crippen LogP contribution in [-0.4, -0.2) is 42.3 Å². The lowest BCUT2D eigenvalue weighted by molar-refractivity contribution is -0.147. The number of nitrogens with zero attached hydrogens (tertiary/aromatic N) is 2. The molecule has 1 saturated heterocycles. The maximum absolute atomic E-state index is 12.3. The standard InChI is InChI=1S/C20H21N3O3/c1-2-15-8-10-16(11-9-15)21-18(24)14-22-12-13-23(20(26)19(22)25)17-6-4-3-5-7-17/h3-11H,2,12-14H2,1H3,(H,21,24). The predicted octanol–water partition coefficient (Wildman–Crippen LogP) is 2.06. The third-order valence-corrected chi connectivity index (χ3v) is 4.36. The number of anilines is 2. The first-order valence-corrected chi connectivity index (χ1v) is 8.63. The molecule has 1 heterocycles. The van der Waals surface area contributed by atoms with Crippen LogP contribution in [0.25, 0.3) is 0 Å². The van der Waals surface area contributed by atoms with Gasteiger partial charge in [0.15, 0.2) is 0 Å². The fourth-order valence-electron chi connectivity index (χ4n) is 2.88. The van der Waals surface area contributed by atoms with Crippen molar-refractivity contribution >= 4 is 29.1 Å². The smallest absolute Gasteiger partial charge is 0.316 e. The molecule has 3 amide bonds. The minimum atomic E-state index is -0.656. The van der Waals surface area contributed by atoms with E-state index in [9.17, 15) is 14.4 Å². The van der Waals surface area contributed by atoms with Gasteiger partial charge in [0, 0.05) is 24.5 Å². The summed E-state index contributed by atoms with van der Waals surface area (Å²) in [5.74, 6) is -1.58. The zero-order chi connectivity index (χ0) is 18.5. The van der Waals surface area contributed by atoms with Crippen LogP contribution in [0, 0.1) is 0 Å². The number of benzene rings is 2. The molecule has 6 heteroatoms. The molecule has 2 aromatic rings. The van der Waals surface area contributed by atoms with Gasteiger partial charge in [0.2, 0.25) is 5.91 Å². The van der Waals surface area contributed by atoms with Gasteiger partial charge in [0.1, 0.15) is 6.54 Å². The van der Waals surface area contributed by atoms with Gasteiger partial charge >= 0.3 is 11.8 Å². The van der Waals surface area contributed by atoms with Crippen molar-refractivity contribution in [2.24, 2.45) is 0 Å². The zero-order valence-electron chi connectivity index (χ0n) is 14.6. The summed E-state index contributed by atoms with van der Waals surface area (Å²) >= 11 is 0. The van der Waals surface area contributed by atoms with Crippen molar-refractivity contribution in [2.45, 2.75) is 13.3 Å². The number of carbonyl (C=O) groups excluding carboxylic acids is 3. The van der Waals surface area contributed by atoms with Gasteiger partial charge in [-0.25, -0.2) is 0 Å². The Hall–Kier alpha value is -3.15. The predicted molar refractivity (Wildman–Crippen MR) is 99.8 cm³/mol. The number of carbonyl (C=O) groups is 3. The normalized spacial score (nSPS) is 14.5. The van der Waals surface area contributed by atoms with Crippen molar-refractivity contribution < 1.29 is 14.4 Å². The third kappa shape index (κ3) is 3.91. The molecule has 3 rings (SSSR count). The van der Waals surface area contributed by atoms with Gasteiger partial charge < -0.3 is 15.1 Å². The Morgan fingerprint density at radius 1 is 0.962 bits per heavy atom. The lowest BCUT2D eigenvalue weighted by Gasteiger charge is -2.33. The molecule has 0 unspecified atom stereocenters. The van der Waals surface area contributed by atoms with Crippen molar-refractivity contribution in [1.29, 1.82) is 0 Å². The van der Waals surface area contributed by atoms with E-state index in [1.807, 2.05) is 42.5 Å². The molecule has 0 aromatic heterocycles. The van der Waals surface area contributed by atoms with Crippen molar-refractivity contribution in [3.05, 3.63) is 60.2 Å². The number of rotatable bonds is 5. The fourth-order valence-corrected chi connectivity index (χ4v) is 2.88. The monoisotopic (exact) mass is 351 g/mol. The Labute approximate surface area is 152 Å². The van der Waals surface area contributed by atoms with Crippen molar-refractivity contribution in [2.75, 3.05) is 29.9 Å². The Morgan fingerprint density at radius 3 is 2.31 bits per heavy atom. The third-order valence-electron chi connectivity index (χ3n) is 4.36.